The summed E-state index contributed by atoms with van der Waals surface area (Å²) in [5.41, 5.74) is 6.44. The van der Waals surface area contributed by atoms with Gasteiger partial charge in [-0.15, -0.1) is 0 Å². The number of hydrogen-bond donors (Lipinski definition) is 0. The first kappa shape index (κ1) is 14.4. The molecule has 0 unspecified atom stereocenters. The fraction of sp³-hybridized carbons (Fsp3) is 0.0476. The van der Waals surface area contributed by atoms with Gasteiger partial charge in [-0.05, 0) is 29.7 Å². The van der Waals surface area contributed by atoms with E-state index in [0.29, 0.717) is 5.69 Å². The number of aromatic nitrogens is 2. The zero-order valence-electron chi connectivity index (χ0n) is 13.3. The van der Waals surface area contributed by atoms with E-state index < -0.39 is 0 Å². The fourth-order valence-electron chi connectivity index (χ4n) is 3.00. The van der Waals surface area contributed by atoms with Crippen LogP contribution in [0.2, 0.25) is 0 Å². The van der Waals surface area contributed by atoms with Gasteiger partial charge in [-0.3, -0.25) is 9.20 Å². The number of aryl methyl sites for hydroxylation is 1. The van der Waals surface area contributed by atoms with Crippen molar-refractivity contribution >= 4 is 11.9 Å². The molecule has 4 rings (SSSR count). The van der Waals surface area contributed by atoms with Crippen LogP contribution >= 0.6 is 0 Å². The number of rotatable bonds is 3. The van der Waals surface area contributed by atoms with Crippen molar-refractivity contribution in [3.63, 3.8) is 0 Å². The van der Waals surface area contributed by atoms with Crippen LogP contribution in [0.1, 0.15) is 16.1 Å². The average molecular weight is 312 g/mol. The third-order valence-corrected chi connectivity index (χ3v) is 4.26. The van der Waals surface area contributed by atoms with Crippen molar-refractivity contribution < 1.29 is 4.79 Å². The molecule has 0 spiro atoms. The predicted octanol–water partition coefficient (Wildman–Crippen LogP) is 4.79. The summed E-state index contributed by atoms with van der Waals surface area (Å²) in [6, 6.07) is 22.3. The monoisotopic (exact) mass is 312 g/mol. The molecular weight excluding hydrogens is 296 g/mol. The SMILES string of the molecule is Cc1cccn2c(C=O)c(-c3ccc(-c4ccccc4)cc3)nc12. The Hall–Kier alpha value is -3.20. The maximum atomic E-state index is 11.6. The number of benzene rings is 2. The zero-order chi connectivity index (χ0) is 16.5. The van der Waals surface area contributed by atoms with Crippen LogP contribution in [0.3, 0.4) is 0 Å². The minimum atomic E-state index is 0.584. The summed E-state index contributed by atoms with van der Waals surface area (Å²) < 4.78 is 1.85. The number of imidazole rings is 1. The Morgan fingerprint density at radius 2 is 1.50 bits per heavy atom. The number of aldehydes is 1. The van der Waals surface area contributed by atoms with E-state index >= 15 is 0 Å². The van der Waals surface area contributed by atoms with E-state index in [1.165, 1.54) is 5.56 Å². The van der Waals surface area contributed by atoms with Gasteiger partial charge >= 0.3 is 0 Å². The van der Waals surface area contributed by atoms with Crippen LogP contribution in [-0.2, 0) is 0 Å². The summed E-state index contributed by atoms with van der Waals surface area (Å²) in [6.07, 6.45) is 2.75. The van der Waals surface area contributed by atoms with Crippen LogP contribution in [0.5, 0.6) is 0 Å². The molecule has 2 heterocycles. The smallest absolute Gasteiger partial charge is 0.169 e. The third kappa shape index (κ3) is 2.31. The molecule has 3 heteroatoms. The van der Waals surface area contributed by atoms with Gasteiger partial charge in [0.25, 0.3) is 0 Å². The summed E-state index contributed by atoms with van der Waals surface area (Å²) in [4.78, 5) is 16.3. The molecule has 2 aromatic heterocycles. The van der Waals surface area contributed by atoms with Gasteiger partial charge in [-0.25, -0.2) is 4.98 Å². The molecule has 116 valence electrons. The van der Waals surface area contributed by atoms with Crippen molar-refractivity contribution in [1.82, 2.24) is 9.38 Å². The highest BCUT2D eigenvalue weighted by Crippen LogP contribution is 2.27. The second kappa shape index (κ2) is 5.78. The van der Waals surface area contributed by atoms with Crippen LogP contribution in [-0.4, -0.2) is 15.7 Å². The van der Waals surface area contributed by atoms with Gasteiger partial charge in [0.15, 0.2) is 6.29 Å². The van der Waals surface area contributed by atoms with E-state index in [4.69, 9.17) is 0 Å². The van der Waals surface area contributed by atoms with E-state index in [9.17, 15) is 4.79 Å². The van der Waals surface area contributed by atoms with E-state index in [2.05, 4.69) is 29.2 Å². The fourth-order valence-corrected chi connectivity index (χ4v) is 3.00. The van der Waals surface area contributed by atoms with E-state index in [0.717, 1.165) is 34.3 Å². The highest BCUT2D eigenvalue weighted by Gasteiger charge is 2.14. The quantitative estimate of drug-likeness (QED) is 0.510. The summed E-state index contributed by atoms with van der Waals surface area (Å²) in [7, 11) is 0. The Kier molecular flexibility index (Phi) is 3.47. The van der Waals surface area contributed by atoms with Gasteiger partial charge in [-0.2, -0.15) is 0 Å². The summed E-state index contributed by atoms with van der Waals surface area (Å²) in [5, 5.41) is 0. The number of fused-ring (bicyclic) bond motifs is 1. The number of carbonyl (C=O) groups excluding carboxylic acids is 1. The average Bonchev–Trinajstić information content (AvgIpc) is 3.03. The maximum absolute atomic E-state index is 11.6. The Bertz CT molecular complexity index is 1020. The second-order valence-electron chi connectivity index (χ2n) is 5.79. The first-order valence-corrected chi connectivity index (χ1v) is 7.86. The largest absolute Gasteiger partial charge is 0.297 e. The molecule has 4 aromatic rings. The lowest BCUT2D eigenvalue weighted by molar-refractivity contribution is 0.111. The van der Waals surface area contributed by atoms with Gasteiger partial charge in [0, 0.05) is 11.8 Å². The second-order valence-corrected chi connectivity index (χ2v) is 5.79. The van der Waals surface area contributed by atoms with Gasteiger partial charge in [0.05, 0.1) is 0 Å². The summed E-state index contributed by atoms with van der Waals surface area (Å²) in [5.74, 6) is 0. The molecule has 0 aliphatic heterocycles. The van der Waals surface area contributed by atoms with Crippen LogP contribution in [0, 0.1) is 6.92 Å². The van der Waals surface area contributed by atoms with Crippen molar-refractivity contribution in [3.05, 3.63) is 84.2 Å². The predicted molar refractivity (Wildman–Crippen MR) is 96.2 cm³/mol. The minimum absolute atomic E-state index is 0.584. The van der Waals surface area contributed by atoms with Crippen LogP contribution in [0.4, 0.5) is 0 Å². The molecule has 0 N–H and O–H groups in total. The molecule has 0 amide bonds. The number of hydrogen-bond acceptors (Lipinski definition) is 2. The standard InChI is InChI=1S/C21H16N2O/c1-15-6-5-13-23-19(14-24)20(22-21(15)23)18-11-9-17(10-12-18)16-7-3-2-4-8-16/h2-14H,1H3. The molecule has 3 nitrogen and oxygen atoms in total. The number of pyridine rings is 1. The van der Waals surface area contributed by atoms with Crippen LogP contribution < -0.4 is 0 Å². The first-order valence-electron chi connectivity index (χ1n) is 7.86. The topological polar surface area (TPSA) is 34.4 Å². The molecule has 0 radical (unpaired) electrons. The maximum Gasteiger partial charge on any atom is 0.169 e. The normalized spacial score (nSPS) is 10.9. The minimum Gasteiger partial charge on any atom is -0.297 e. The molecule has 0 fully saturated rings. The lowest BCUT2D eigenvalue weighted by Gasteiger charge is -2.03. The molecule has 0 saturated carbocycles. The van der Waals surface area contributed by atoms with Gasteiger partial charge in [0.2, 0.25) is 0 Å². The zero-order valence-corrected chi connectivity index (χ0v) is 13.3. The number of carbonyl (C=O) groups is 1. The molecule has 2 aromatic carbocycles. The molecular formula is C21H16N2O. The van der Waals surface area contributed by atoms with Crippen molar-refractivity contribution in [2.45, 2.75) is 6.92 Å². The Labute approximate surface area is 140 Å². The third-order valence-electron chi connectivity index (χ3n) is 4.26. The highest BCUT2D eigenvalue weighted by atomic mass is 16.1. The lowest BCUT2D eigenvalue weighted by Crippen LogP contribution is -1.92. The Morgan fingerprint density at radius 3 is 2.21 bits per heavy atom. The lowest BCUT2D eigenvalue weighted by atomic mass is 10.0. The van der Waals surface area contributed by atoms with Gasteiger partial charge in [0.1, 0.15) is 17.0 Å². The van der Waals surface area contributed by atoms with E-state index in [1.807, 2.05) is 60.0 Å². The van der Waals surface area contributed by atoms with E-state index in [1.54, 1.807) is 0 Å². The molecule has 0 aliphatic rings. The highest BCUT2D eigenvalue weighted by molar-refractivity contribution is 5.87. The van der Waals surface area contributed by atoms with Crippen molar-refractivity contribution in [1.29, 1.82) is 0 Å². The van der Waals surface area contributed by atoms with E-state index in [-0.39, 0.29) is 0 Å². The molecule has 0 atom stereocenters. The Morgan fingerprint density at radius 1 is 0.833 bits per heavy atom. The first-order chi connectivity index (χ1) is 11.8. The molecule has 0 aliphatic carbocycles. The summed E-state index contributed by atoms with van der Waals surface area (Å²) in [6.45, 7) is 2.00. The van der Waals surface area contributed by atoms with Crippen molar-refractivity contribution in [2.24, 2.45) is 0 Å². The van der Waals surface area contributed by atoms with Crippen molar-refractivity contribution in [2.75, 3.05) is 0 Å². The molecule has 24 heavy (non-hydrogen) atoms. The molecule has 0 saturated heterocycles. The van der Waals surface area contributed by atoms with Crippen molar-refractivity contribution in [3.8, 4) is 22.4 Å². The van der Waals surface area contributed by atoms with Crippen LogP contribution in [0.15, 0.2) is 72.9 Å². The van der Waals surface area contributed by atoms with Gasteiger partial charge in [-0.1, -0.05) is 60.7 Å². The summed E-state index contributed by atoms with van der Waals surface area (Å²) >= 11 is 0. The number of nitrogens with zero attached hydrogens (tertiary/aromatic N) is 2. The van der Waals surface area contributed by atoms with Gasteiger partial charge < -0.3 is 0 Å². The van der Waals surface area contributed by atoms with Crippen LogP contribution in [0.25, 0.3) is 28.0 Å². The Balaban J connectivity index is 1.83. The molecule has 0 bridgehead atoms.